The molecular formula is C20H23N3O3. The van der Waals surface area contributed by atoms with Crippen LogP contribution in [0.5, 0.6) is 0 Å². The van der Waals surface area contributed by atoms with Crippen LogP contribution in [0.4, 0.5) is 5.69 Å². The molecule has 136 valence electrons. The molecule has 2 aliphatic rings. The molecule has 0 spiro atoms. The third-order valence-electron chi connectivity index (χ3n) is 5.08. The minimum absolute atomic E-state index is 0.0529. The van der Waals surface area contributed by atoms with Crippen LogP contribution in [0.2, 0.25) is 0 Å². The molecule has 6 nitrogen and oxygen atoms in total. The van der Waals surface area contributed by atoms with Gasteiger partial charge in [0.2, 0.25) is 11.8 Å². The first kappa shape index (κ1) is 18.0. The molecule has 1 atom stereocenters. The Hall–Kier alpha value is -2.81. The molecule has 3 rings (SSSR count). The molecule has 1 saturated heterocycles. The zero-order valence-electron chi connectivity index (χ0n) is 14.7. The van der Waals surface area contributed by atoms with Gasteiger partial charge in [0, 0.05) is 19.0 Å². The number of hydrogen-bond donors (Lipinski definition) is 2. The van der Waals surface area contributed by atoms with Crippen LogP contribution in [0, 0.1) is 18.3 Å². The lowest BCUT2D eigenvalue weighted by Crippen LogP contribution is -2.35. The van der Waals surface area contributed by atoms with Gasteiger partial charge in [-0.15, -0.1) is 6.42 Å². The Morgan fingerprint density at radius 1 is 1.23 bits per heavy atom. The number of nitrogens with one attached hydrogen (secondary N) is 2. The third kappa shape index (κ3) is 3.88. The Balaban J connectivity index is 1.66. The van der Waals surface area contributed by atoms with Crippen molar-refractivity contribution in [3.63, 3.8) is 0 Å². The van der Waals surface area contributed by atoms with Gasteiger partial charge in [0.25, 0.3) is 5.91 Å². The lowest BCUT2D eigenvalue weighted by Gasteiger charge is -2.24. The lowest BCUT2D eigenvalue weighted by atomic mass is 10.1. The van der Waals surface area contributed by atoms with E-state index in [-0.39, 0.29) is 42.6 Å². The SMILES string of the molecule is C#CCNC(=O)c1ccccc1NC(=O)C1CC(=O)N(C2CCCC2)C1. The Labute approximate surface area is 153 Å². The zero-order valence-corrected chi connectivity index (χ0v) is 14.7. The molecule has 3 amide bonds. The molecule has 1 heterocycles. The fourth-order valence-corrected chi connectivity index (χ4v) is 3.73. The van der Waals surface area contributed by atoms with Crippen LogP contribution in [0.25, 0.3) is 0 Å². The predicted molar refractivity (Wildman–Crippen MR) is 98.3 cm³/mol. The normalized spacial score (nSPS) is 20.0. The summed E-state index contributed by atoms with van der Waals surface area (Å²) in [4.78, 5) is 39.0. The Bertz CT molecular complexity index is 747. The molecule has 2 N–H and O–H groups in total. The highest BCUT2D eigenvalue weighted by Gasteiger charge is 2.38. The van der Waals surface area contributed by atoms with Crippen molar-refractivity contribution in [2.75, 3.05) is 18.4 Å². The first-order valence-electron chi connectivity index (χ1n) is 9.01. The lowest BCUT2D eigenvalue weighted by molar-refractivity contribution is -0.129. The Morgan fingerprint density at radius 3 is 2.69 bits per heavy atom. The van der Waals surface area contributed by atoms with E-state index in [0.29, 0.717) is 17.8 Å². The molecule has 0 radical (unpaired) electrons. The molecule has 1 unspecified atom stereocenters. The van der Waals surface area contributed by atoms with Crippen LogP contribution in [0.3, 0.4) is 0 Å². The van der Waals surface area contributed by atoms with E-state index in [1.165, 1.54) is 0 Å². The van der Waals surface area contributed by atoms with E-state index >= 15 is 0 Å². The van der Waals surface area contributed by atoms with Crippen LogP contribution >= 0.6 is 0 Å². The van der Waals surface area contributed by atoms with Crippen molar-refractivity contribution < 1.29 is 14.4 Å². The molecule has 1 aliphatic heterocycles. The highest BCUT2D eigenvalue weighted by molar-refractivity contribution is 6.05. The second kappa shape index (κ2) is 8.05. The number of rotatable bonds is 5. The van der Waals surface area contributed by atoms with E-state index in [1.54, 1.807) is 24.3 Å². The third-order valence-corrected chi connectivity index (χ3v) is 5.08. The maximum atomic E-state index is 12.7. The first-order chi connectivity index (χ1) is 12.6. The van der Waals surface area contributed by atoms with Crippen molar-refractivity contribution >= 4 is 23.4 Å². The number of terminal acetylenes is 1. The number of para-hydroxylation sites is 1. The highest BCUT2D eigenvalue weighted by Crippen LogP contribution is 2.30. The van der Waals surface area contributed by atoms with Gasteiger partial charge in [-0.25, -0.2) is 0 Å². The van der Waals surface area contributed by atoms with Crippen LogP contribution in [0.1, 0.15) is 42.5 Å². The molecule has 26 heavy (non-hydrogen) atoms. The molecule has 1 saturated carbocycles. The molecule has 1 aromatic rings. The van der Waals surface area contributed by atoms with Gasteiger partial charge in [0.15, 0.2) is 0 Å². The van der Waals surface area contributed by atoms with E-state index in [1.807, 2.05) is 4.90 Å². The molecule has 6 heteroatoms. The van der Waals surface area contributed by atoms with E-state index in [2.05, 4.69) is 16.6 Å². The number of carbonyl (C=O) groups excluding carboxylic acids is 3. The van der Waals surface area contributed by atoms with Gasteiger partial charge in [-0.05, 0) is 25.0 Å². The molecule has 2 fully saturated rings. The van der Waals surface area contributed by atoms with Crippen LogP contribution in [-0.4, -0.2) is 41.8 Å². The van der Waals surface area contributed by atoms with Crippen LogP contribution in [0.15, 0.2) is 24.3 Å². The van der Waals surface area contributed by atoms with Gasteiger partial charge in [-0.1, -0.05) is 30.9 Å². The summed E-state index contributed by atoms with van der Waals surface area (Å²) in [5.74, 6) is 1.45. The van der Waals surface area contributed by atoms with Crippen molar-refractivity contribution in [1.82, 2.24) is 10.2 Å². The number of carbonyl (C=O) groups is 3. The van der Waals surface area contributed by atoms with Crippen molar-refractivity contribution in [1.29, 1.82) is 0 Å². The molecular weight excluding hydrogens is 330 g/mol. The largest absolute Gasteiger partial charge is 0.341 e. The predicted octanol–water partition coefficient (Wildman–Crippen LogP) is 1.78. The number of amides is 3. The van der Waals surface area contributed by atoms with Gasteiger partial charge < -0.3 is 15.5 Å². The second-order valence-corrected chi connectivity index (χ2v) is 6.81. The maximum Gasteiger partial charge on any atom is 0.254 e. The van der Waals surface area contributed by atoms with Crippen molar-refractivity contribution in [3.8, 4) is 12.3 Å². The van der Waals surface area contributed by atoms with Gasteiger partial charge in [0.1, 0.15) is 0 Å². The Morgan fingerprint density at radius 2 is 1.96 bits per heavy atom. The zero-order chi connectivity index (χ0) is 18.5. The summed E-state index contributed by atoms with van der Waals surface area (Å²) in [5, 5.41) is 5.41. The number of nitrogens with zero attached hydrogens (tertiary/aromatic N) is 1. The van der Waals surface area contributed by atoms with Gasteiger partial charge in [-0.2, -0.15) is 0 Å². The summed E-state index contributed by atoms with van der Waals surface area (Å²) in [6, 6.07) is 7.06. The summed E-state index contributed by atoms with van der Waals surface area (Å²) < 4.78 is 0. The summed E-state index contributed by atoms with van der Waals surface area (Å²) in [6.45, 7) is 0.579. The number of likely N-dealkylation sites (tertiary alicyclic amines) is 1. The van der Waals surface area contributed by atoms with E-state index in [9.17, 15) is 14.4 Å². The molecule has 0 aromatic heterocycles. The van der Waals surface area contributed by atoms with Gasteiger partial charge >= 0.3 is 0 Å². The van der Waals surface area contributed by atoms with Gasteiger partial charge in [-0.3, -0.25) is 14.4 Å². The van der Waals surface area contributed by atoms with Crippen LogP contribution < -0.4 is 10.6 Å². The number of benzene rings is 1. The smallest absolute Gasteiger partial charge is 0.254 e. The van der Waals surface area contributed by atoms with E-state index in [0.717, 1.165) is 25.7 Å². The van der Waals surface area contributed by atoms with Gasteiger partial charge in [0.05, 0.1) is 23.7 Å². The van der Waals surface area contributed by atoms with Crippen molar-refractivity contribution in [2.24, 2.45) is 5.92 Å². The summed E-state index contributed by atoms with van der Waals surface area (Å²) >= 11 is 0. The topological polar surface area (TPSA) is 78.5 Å². The minimum atomic E-state index is -0.384. The monoisotopic (exact) mass is 353 g/mol. The quantitative estimate of drug-likeness (QED) is 0.792. The standard InChI is InChI=1S/C20H23N3O3/c1-2-11-21-20(26)16-9-5-6-10-17(16)22-19(25)14-12-18(24)23(13-14)15-7-3-4-8-15/h1,5-6,9-10,14-15H,3-4,7-8,11-13H2,(H,21,26)(H,22,25). The van der Waals surface area contributed by atoms with Crippen molar-refractivity contribution in [2.45, 2.75) is 38.1 Å². The average molecular weight is 353 g/mol. The summed E-state index contributed by atoms with van der Waals surface area (Å²) in [7, 11) is 0. The number of hydrogen-bond acceptors (Lipinski definition) is 3. The molecule has 1 aliphatic carbocycles. The fraction of sp³-hybridized carbons (Fsp3) is 0.450. The second-order valence-electron chi connectivity index (χ2n) is 6.81. The fourth-order valence-electron chi connectivity index (χ4n) is 3.73. The molecule has 0 bridgehead atoms. The molecule has 1 aromatic carbocycles. The number of anilines is 1. The van der Waals surface area contributed by atoms with E-state index < -0.39 is 0 Å². The minimum Gasteiger partial charge on any atom is -0.341 e. The average Bonchev–Trinajstić information content (AvgIpc) is 3.29. The summed E-state index contributed by atoms with van der Waals surface area (Å²) in [6.07, 6.45) is 9.73. The summed E-state index contributed by atoms with van der Waals surface area (Å²) in [5.41, 5.74) is 0.784. The van der Waals surface area contributed by atoms with Crippen LogP contribution in [-0.2, 0) is 9.59 Å². The Kier molecular flexibility index (Phi) is 5.57. The highest BCUT2D eigenvalue weighted by atomic mass is 16.2. The first-order valence-corrected chi connectivity index (χ1v) is 9.01. The maximum absolute atomic E-state index is 12.7. The van der Waals surface area contributed by atoms with Crippen molar-refractivity contribution in [3.05, 3.63) is 29.8 Å². The van der Waals surface area contributed by atoms with E-state index in [4.69, 9.17) is 6.42 Å².